The normalized spacial score (nSPS) is 13.1. The maximum absolute atomic E-state index is 12.2. The number of carbonyl (C=O) groups excluding carboxylic acids is 3. The zero-order valence-electron chi connectivity index (χ0n) is 15.3. The van der Waals surface area contributed by atoms with Gasteiger partial charge in [-0.15, -0.1) is 11.3 Å². The molecule has 2 heterocycles. The van der Waals surface area contributed by atoms with Crippen LogP contribution < -0.4 is 11.1 Å². The Balaban J connectivity index is 1.59. The topological polar surface area (TPSA) is 116 Å². The van der Waals surface area contributed by atoms with E-state index in [1.807, 2.05) is 19.9 Å². The number of anilines is 1. The van der Waals surface area contributed by atoms with Crippen molar-refractivity contribution in [2.75, 3.05) is 11.9 Å². The van der Waals surface area contributed by atoms with Crippen molar-refractivity contribution >= 4 is 34.1 Å². The third-order valence-electron chi connectivity index (χ3n) is 4.42. The Labute approximate surface area is 160 Å². The Morgan fingerprint density at radius 3 is 2.70 bits per heavy atom. The van der Waals surface area contributed by atoms with Crippen molar-refractivity contribution in [1.29, 1.82) is 0 Å². The number of amides is 2. The second kappa shape index (κ2) is 7.91. The first-order valence-corrected chi connectivity index (χ1v) is 9.57. The smallest absolute Gasteiger partial charge is 0.328 e. The van der Waals surface area contributed by atoms with E-state index in [0.717, 1.165) is 47.5 Å². The van der Waals surface area contributed by atoms with Crippen molar-refractivity contribution in [1.82, 2.24) is 9.78 Å². The minimum absolute atomic E-state index is 0.0627. The number of fused-ring (bicyclic) bond motifs is 1. The van der Waals surface area contributed by atoms with Crippen LogP contribution in [0.25, 0.3) is 0 Å². The molecular formula is C18H22N4O4S. The zero-order chi connectivity index (χ0) is 19.6. The van der Waals surface area contributed by atoms with Gasteiger partial charge in [-0.3, -0.25) is 19.1 Å². The Kier molecular flexibility index (Phi) is 5.59. The number of nitrogens with two attached hydrogens (primary N) is 1. The Hall–Kier alpha value is -2.68. The molecule has 27 heavy (non-hydrogen) atoms. The van der Waals surface area contributed by atoms with Crippen LogP contribution in [0.3, 0.4) is 0 Å². The van der Waals surface area contributed by atoms with Gasteiger partial charge in [0.2, 0.25) is 0 Å². The van der Waals surface area contributed by atoms with Crippen molar-refractivity contribution in [2.24, 2.45) is 5.73 Å². The predicted molar refractivity (Wildman–Crippen MR) is 101 cm³/mol. The summed E-state index contributed by atoms with van der Waals surface area (Å²) in [6, 6.07) is 1.85. The number of nitrogens with zero attached hydrogens (tertiary/aromatic N) is 2. The van der Waals surface area contributed by atoms with Gasteiger partial charge in [-0.1, -0.05) is 0 Å². The maximum atomic E-state index is 12.2. The van der Waals surface area contributed by atoms with Crippen LogP contribution in [0.15, 0.2) is 6.07 Å². The summed E-state index contributed by atoms with van der Waals surface area (Å²) in [6.45, 7) is 3.18. The lowest BCUT2D eigenvalue weighted by Crippen LogP contribution is -2.24. The molecule has 0 radical (unpaired) electrons. The zero-order valence-corrected chi connectivity index (χ0v) is 16.1. The summed E-state index contributed by atoms with van der Waals surface area (Å²) >= 11 is 1.37. The molecule has 2 amide bonds. The van der Waals surface area contributed by atoms with Gasteiger partial charge in [0.05, 0.1) is 11.3 Å². The summed E-state index contributed by atoms with van der Waals surface area (Å²) in [7, 11) is 0. The van der Waals surface area contributed by atoms with E-state index in [1.165, 1.54) is 16.0 Å². The number of hydrogen-bond acceptors (Lipinski definition) is 6. The first-order valence-electron chi connectivity index (χ1n) is 8.76. The second-order valence-corrected chi connectivity index (χ2v) is 7.68. The molecule has 1 aliphatic rings. The largest absolute Gasteiger partial charge is 0.454 e. The first kappa shape index (κ1) is 19.1. The quantitative estimate of drug-likeness (QED) is 0.729. The average Bonchev–Trinajstić information content (AvgIpc) is 3.11. The van der Waals surface area contributed by atoms with Crippen LogP contribution in [0.5, 0.6) is 0 Å². The van der Waals surface area contributed by atoms with E-state index in [9.17, 15) is 14.4 Å². The molecule has 3 N–H and O–H groups in total. The SMILES string of the molecule is Cc1cc(C)n(CC(=O)OCC(=O)Nc2sc3c(c2C(N)=O)CCCC3)n1. The van der Waals surface area contributed by atoms with E-state index in [2.05, 4.69) is 10.4 Å². The standard InChI is InChI=1S/C18H22N4O4S/c1-10-7-11(2)22(21-10)8-15(24)26-9-14(23)20-18-16(17(19)25)12-5-3-4-6-13(12)27-18/h7H,3-6,8-9H2,1-2H3,(H2,19,25)(H,20,23). The molecule has 0 aliphatic heterocycles. The predicted octanol–water partition coefficient (Wildman–Crippen LogP) is 1.72. The highest BCUT2D eigenvalue weighted by Crippen LogP contribution is 2.37. The highest BCUT2D eigenvalue weighted by molar-refractivity contribution is 7.17. The van der Waals surface area contributed by atoms with Gasteiger partial charge in [-0.25, -0.2) is 0 Å². The molecule has 0 aromatic carbocycles. The molecule has 0 unspecified atom stereocenters. The molecule has 144 valence electrons. The van der Waals surface area contributed by atoms with E-state index in [0.29, 0.717) is 10.6 Å². The van der Waals surface area contributed by atoms with E-state index < -0.39 is 24.4 Å². The van der Waals surface area contributed by atoms with Crippen LogP contribution in [0.1, 0.15) is 45.0 Å². The number of aromatic nitrogens is 2. The Morgan fingerprint density at radius 2 is 2.04 bits per heavy atom. The van der Waals surface area contributed by atoms with E-state index >= 15 is 0 Å². The average molecular weight is 390 g/mol. The minimum Gasteiger partial charge on any atom is -0.454 e. The lowest BCUT2D eigenvalue weighted by atomic mass is 9.95. The Morgan fingerprint density at radius 1 is 1.30 bits per heavy atom. The van der Waals surface area contributed by atoms with Crippen LogP contribution in [-0.2, 0) is 33.7 Å². The summed E-state index contributed by atoms with van der Waals surface area (Å²) in [5.41, 5.74) is 8.47. The Bertz CT molecular complexity index is 900. The van der Waals surface area contributed by atoms with Gasteiger partial charge in [-0.2, -0.15) is 5.10 Å². The summed E-state index contributed by atoms with van der Waals surface area (Å²) in [4.78, 5) is 37.0. The molecule has 0 bridgehead atoms. The fourth-order valence-electron chi connectivity index (χ4n) is 3.23. The molecule has 1 aliphatic carbocycles. The molecule has 8 nitrogen and oxygen atoms in total. The first-order chi connectivity index (χ1) is 12.8. The molecule has 0 atom stereocenters. The summed E-state index contributed by atoms with van der Waals surface area (Å²) in [5.74, 6) is -1.61. The number of rotatable bonds is 6. The molecule has 0 saturated heterocycles. The molecule has 3 rings (SSSR count). The monoisotopic (exact) mass is 390 g/mol. The number of carbonyl (C=O) groups is 3. The van der Waals surface area contributed by atoms with Crippen molar-refractivity contribution in [3.05, 3.63) is 33.5 Å². The number of hydrogen-bond donors (Lipinski definition) is 2. The summed E-state index contributed by atoms with van der Waals surface area (Å²) < 4.78 is 6.55. The van der Waals surface area contributed by atoms with Crippen LogP contribution in [0.4, 0.5) is 5.00 Å². The van der Waals surface area contributed by atoms with Gasteiger partial charge in [0.1, 0.15) is 11.5 Å². The summed E-state index contributed by atoms with van der Waals surface area (Å²) in [6.07, 6.45) is 3.73. The van der Waals surface area contributed by atoms with E-state index in [4.69, 9.17) is 10.5 Å². The molecule has 0 saturated carbocycles. The van der Waals surface area contributed by atoms with Crippen LogP contribution in [0.2, 0.25) is 0 Å². The number of thiophene rings is 1. The number of primary amides is 1. The minimum atomic E-state index is -0.558. The molecule has 2 aromatic heterocycles. The van der Waals surface area contributed by atoms with E-state index in [1.54, 1.807) is 0 Å². The van der Waals surface area contributed by atoms with Crippen LogP contribution >= 0.6 is 11.3 Å². The van der Waals surface area contributed by atoms with Gasteiger partial charge in [-0.05, 0) is 51.2 Å². The van der Waals surface area contributed by atoms with Crippen molar-refractivity contribution in [3.8, 4) is 0 Å². The number of nitrogens with one attached hydrogen (secondary N) is 1. The molecule has 0 fully saturated rings. The van der Waals surface area contributed by atoms with Crippen molar-refractivity contribution in [2.45, 2.75) is 46.1 Å². The maximum Gasteiger partial charge on any atom is 0.328 e. The van der Waals surface area contributed by atoms with Gasteiger partial charge < -0.3 is 15.8 Å². The van der Waals surface area contributed by atoms with Crippen molar-refractivity contribution in [3.63, 3.8) is 0 Å². The lowest BCUT2D eigenvalue weighted by Gasteiger charge is -2.11. The number of aryl methyl sites for hydroxylation is 3. The fraction of sp³-hybridized carbons (Fsp3) is 0.444. The highest BCUT2D eigenvalue weighted by atomic mass is 32.1. The molecule has 2 aromatic rings. The number of esters is 1. The van der Waals surface area contributed by atoms with Gasteiger partial charge in [0.25, 0.3) is 11.8 Å². The summed E-state index contributed by atoms with van der Waals surface area (Å²) in [5, 5.41) is 7.28. The lowest BCUT2D eigenvalue weighted by molar-refractivity contribution is -0.148. The second-order valence-electron chi connectivity index (χ2n) is 6.57. The third-order valence-corrected chi connectivity index (χ3v) is 5.62. The van der Waals surface area contributed by atoms with Gasteiger partial charge in [0.15, 0.2) is 6.61 Å². The number of ether oxygens (including phenoxy) is 1. The molecule has 0 spiro atoms. The van der Waals surface area contributed by atoms with Crippen molar-refractivity contribution < 1.29 is 19.1 Å². The molecular weight excluding hydrogens is 368 g/mol. The molecule has 9 heteroatoms. The van der Waals surface area contributed by atoms with Crippen LogP contribution in [0, 0.1) is 13.8 Å². The van der Waals surface area contributed by atoms with Gasteiger partial charge >= 0.3 is 5.97 Å². The van der Waals surface area contributed by atoms with Gasteiger partial charge in [0, 0.05) is 10.6 Å². The highest BCUT2D eigenvalue weighted by Gasteiger charge is 2.25. The van der Waals surface area contributed by atoms with Crippen LogP contribution in [-0.4, -0.2) is 34.2 Å². The fourth-order valence-corrected chi connectivity index (χ4v) is 4.54. The van der Waals surface area contributed by atoms with E-state index in [-0.39, 0.29) is 6.54 Å². The third kappa shape index (κ3) is 4.36.